The van der Waals surface area contributed by atoms with Crippen molar-refractivity contribution in [3.63, 3.8) is 0 Å². The molecule has 2 N–H and O–H groups in total. The highest BCUT2D eigenvalue weighted by atomic mass is 35.5. The van der Waals surface area contributed by atoms with Crippen molar-refractivity contribution in [2.45, 2.75) is 0 Å². The summed E-state index contributed by atoms with van der Waals surface area (Å²) in [6, 6.07) is 13.9. The average Bonchev–Trinajstić information content (AvgIpc) is 2.55. The monoisotopic (exact) mass is 350 g/mol. The number of carbonyl (C=O) groups is 1. The minimum Gasteiger partial charge on any atom is -0.497 e. The molecule has 0 heterocycles. The molecule has 0 unspecified atom stereocenters. The molecule has 1 amide bonds. The molecule has 2 aromatic carbocycles. The van der Waals surface area contributed by atoms with Gasteiger partial charge in [0.2, 0.25) is 0 Å². The maximum atomic E-state index is 11.8. The van der Waals surface area contributed by atoms with Crippen molar-refractivity contribution >= 4 is 40.5 Å². The zero-order valence-electron chi connectivity index (χ0n) is 12.3. The van der Waals surface area contributed by atoms with Crippen LogP contribution < -0.4 is 20.1 Å². The highest BCUT2D eigenvalue weighted by Gasteiger charge is 2.06. The average molecular weight is 351 g/mol. The Labute approximate surface area is 144 Å². The highest BCUT2D eigenvalue weighted by molar-refractivity contribution is 7.80. The number of hydrogen-bond donors (Lipinski definition) is 2. The van der Waals surface area contributed by atoms with Crippen LogP contribution in [0.1, 0.15) is 0 Å². The molecule has 120 valence electrons. The number of carbonyl (C=O) groups excluding carboxylic acids is 1. The molecular formula is C16H15ClN2O3S. The Morgan fingerprint density at radius 3 is 2.30 bits per heavy atom. The third kappa shape index (κ3) is 5.77. The summed E-state index contributed by atoms with van der Waals surface area (Å²) < 4.78 is 10.4. The van der Waals surface area contributed by atoms with Gasteiger partial charge in [0.15, 0.2) is 11.7 Å². The quantitative estimate of drug-likeness (QED) is 0.811. The summed E-state index contributed by atoms with van der Waals surface area (Å²) in [6.07, 6.45) is 0. The molecule has 0 atom stereocenters. The summed E-state index contributed by atoms with van der Waals surface area (Å²) in [5.41, 5.74) is 0.745. The molecule has 0 aliphatic heterocycles. The van der Waals surface area contributed by atoms with E-state index in [2.05, 4.69) is 10.6 Å². The van der Waals surface area contributed by atoms with E-state index in [1.165, 1.54) is 0 Å². The lowest BCUT2D eigenvalue weighted by Crippen LogP contribution is -2.37. The van der Waals surface area contributed by atoms with Gasteiger partial charge in [-0.25, -0.2) is 0 Å². The fraction of sp³-hybridized carbons (Fsp3) is 0.125. The summed E-state index contributed by atoms with van der Waals surface area (Å²) in [4.78, 5) is 11.8. The van der Waals surface area contributed by atoms with Gasteiger partial charge in [-0.1, -0.05) is 11.6 Å². The summed E-state index contributed by atoms with van der Waals surface area (Å²) in [7, 11) is 1.59. The normalized spacial score (nSPS) is 9.83. The standard InChI is InChI=1S/C16H15ClN2O3S/c1-21-13-8-4-12(5-9-13)18-16(23)19-15(20)10-22-14-6-2-11(17)3-7-14/h2-9H,10H2,1H3,(H2,18,19,20,23). The number of ether oxygens (including phenoxy) is 2. The Kier molecular flexibility index (Phi) is 6.19. The molecule has 0 fully saturated rings. The second kappa shape index (κ2) is 8.36. The van der Waals surface area contributed by atoms with Gasteiger partial charge in [0.05, 0.1) is 7.11 Å². The van der Waals surface area contributed by atoms with Crippen LogP contribution in [-0.2, 0) is 4.79 Å². The largest absolute Gasteiger partial charge is 0.497 e. The maximum Gasteiger partial charge on any atom is 0.264 e. The summed E-state index contributed by atoms with van der Waals surface area (Å²) in [5, 5.41) is 6.24. The molecule has 0 spiro atoms. The van der Waals surface area contributed by atoms with E-state index in [0.717, 1.165) is 11.4 Å². The lowest BCUT2D eigenvalue weighted by molar-refractivity contribution is -0.121. The first-order chi connectivity index (χ1) is 11.1. The van der Waals surface area contributed by atoms with Crippen LogP contribution in [0.3, 0.4) is 0 Å². The van der Waals surface area contributed by atoms with E-state index < -0.39 is 0 Å². The molecule has 2 aromatic rings. The molecule has 0 saturated carbocycles. The molecule has 0 saturated heterocycles. The van der Waals surface area contributed by atoms with E-state index in [1.807, 2.05) is 0 Å². The molecular weight excluding hydrogens is 336 g/mol. The zero-order chi connectivity index (χ0) is 16.7. The SMILES string of the molecule is COc1ccc(NC(=S)NC(=O)COc2ccc(Cl)cc2)cc1. The first-order valence-corrected chi connectivity index (χ1v) is 7.48. The second-order valence-corrected chi connectivity index (χ2v) is 5.32. The van der Waals surface area contributed by atoms with Crippen molar-refractivity contribution in [3.8, 4) is 11.5 Å². The fourth-order valence-corrected chi connectivity index (χ4v) is 2.04. The summed E-state index contributed by atoms with van der Waals surface area (Å²) in [6.45, 7) is -0.147. The lowest BCUT2D eigenvalue weighted by Gasteiger charge is -2.11. The van der Waals surface area contributed by atoms with Gasteiger partial charge in [-0.2, -0.15) is 0 Å². The van der Waals surface area contributed by atoms with Gasteiger partial charge < -0.3 is 14.8 Å². The number of nitrogens with one attached hydrogen (secondary N) is 2. The highest BCUT2D eigenvalue weighted by Crippen LogP contribution is 2.16. The van der Waals surface area contributed by atoms with Crippen molar-refractivity contribution in [1.29, 1.82) is 0 Å². The molecule has 0 aromatic heterocycles. The molecule has 2 rings (SSSR count). The van der Waals surface area contributed by atoms with E-state index in [-0.39, 0.29) is 17.6 Å². The Morgan fingerprint density at radius 1 is 1.09 bits per heavy atom. The molecule has 7 heteroatoms. The Hall–Kier alpha value is -2.31. The first-order valence-electron chi connectivity index (χ1n) is 6.70. The van der Waals surface area contributed by atoms with E-state index >= 15 is 0 Å². The van der Waals surface area contributed by atoms with Crippen LogP contribution in [0.25, 0.3) is 0 Å². The van der Waals surface area contributed by atoms with Crippen molar-refractivity contribution in [2.75, 3.05) is 19.0 Å². The number of thiocarbonyl (C=S) groups is 1. The van der Waals surface area contributed by atoms with E-state index in [4.69, 9.17) is 33.3 Å². The van der Waals surface area contributed by atoms with Gasteiger partial charge in [-0.05, 0) is 60.7 Å². The summed E-state index contributed by atoms with van der Waals surface area (Å²) in [5.74, 6) is 0.936. The van der Waals surface area contributed by atoms with Gasteiger partial charge in [0.1, 0.15) is 11.5 Å². The van der Waals surface area contributed by atoms with Gasteiger partial charge >= 0.3 is 0 Å². The fourth-order valence-electron chi connectivity index (χ4n) is 1.68. The van der Waals surface area contributed by atoms with Crippen molar-refractivity contribution in [2.24, 2.45) is 0 Å². The number of hydrogen-bond acceptors (Lipinski definition) is 4. The lowest BCUT2D eigenvalue weighted by atomic mass is 10.3. The van der Waals surface area contributed by atoms with Gasteiger partial charge in [0.25, 0.3) is 5.91 Å². The van der Waals surface area contributed by atoms with Crippen LogP contribution in [-0.4, -0.2) is 24.7 Å². The number of anilines is 1. The number of rotatable bonds is 5. The van der Waals surface area contributed by atoms with Crippen molar-refractivity contribution in [1.82, 2.24) is 5.32 Å². The van der Waals surface area contributed by atoms with Crippen LogP contribution in [0.15, 0.2) is 48.5 Å². The predicted molar refractivity (Wildman–Crippen MR) is 94.3 cm³/mol. The Bertz CT molecular complexity index is 675. The molecule has 0 radical (unpaired) electrons. The van der Waals surface area contributed by atoms with Gasteiger partial charge in [0, 0.05) is 10.7 Å². The number of methoxy groups -OCH3 is 1. The van der Waals surface area contributed by atoms with Crippen LogP contribution in [0, 0.1) is 0 Å². The van der Waals surface area contributed by atoms with Crippen LogP contribution in [0.4, 0.5) is 5.69 Å². The summed E-state index contributed by atoms with van der Waals surface area (Å²) >= 11 is 10.8. The van der Waals surface area contributed by atoms with Crippen LogP contribution in [0.5, 0.6) is 11.5 Å². The van der Waals surface area contributed by atoms with Crippen molar-refractivity contribution in [3.05, 3.63) is 53.6 Å². The minimum absolute atomic E-state index is 0.147. The predicted octanol–water partition coefficient (Wildman–Crippen LogP) is 3.24. The Balaban J connectivity index is 1.77. The number of benzene rings is 2. The molecule has 0 aliphatic carbocycles. The van der Waals surface area contributed by atoms with E-state index in [9.17, 15) is 4.79 Å². The maximum absolute atomic E-state index is 11.8. The third-order valence-corrected chi connectivity index (χ3v) is 3.24. The third-order valence-electron chi connectivity index (χ3n) is 2.78. The van der Waals surface area contributed by atoms with Gasteiger partial charge in [-0.15, -0.1) is 0 Å². The van der Waals surface area contributed by atoms with Gasteiger partial charge in [-0.3, -0.25) is 10.1 Å². The minimum atomic E-state index is -0.356. The molecule has 23 heavy (non-hydrogen) atoms. The Morgan fingerprint density at radius 2 is 1.70 bits per heavy atom. The van der Waals surface area contributed by atoms with E-state index in [0.29, 0.717) is 10.8 Å². The molecule has 5 nitrogen and oxygen atoms in total. The van der Waals surface area contributed by atoms with Crippen LogP contribution >= 0.6 is 23.8 Å². The topological polar surface area (TPSA) is 59.6 Å². The smallest absolute Gasteiger partial charge is 0.264 e. The number of amides is 1. The number of halogens is 1. The molecule has 0 aliphatic rings. The van der Waals surface area contributed by atoms with E-state index in [1.54, 1.807) is 55.6 Å². The van der Waals surface area contributed by atoms with Crippen molar-refractivity contribution < 1.29 is 14.3 Å². The first kappa shape index (κ1) is 17.1. The second-order valence-electron chi connectivity index (χ2n) is 4.47. The van der Waals surface area contributed by atoms with Crippen LogP contribution in [0.2, 0.25) is 5.02 Å². The molecule has 0 bridgehead atoms. The zero-order valence-corrected chi connectivity index (χ0v) is 13.9.